The van der Waals surface area contributed by atoms with Crippen LogP contribution in [0.15, 0.2) is 0 Å². The van der Waals surface area contributed by atoms with Crippen LogP contribution < -0.4 is 0 Å². The van der Waals surface area contributed by atoms with E-state index in [-0.39, 0.29) is 11.5 Å². The Labute approximate surface area is 98.2 Å². The van der Waals surface area contributed by atoms with E-state index in [2.05, 4.69) is 24.6 Å². The van der Waals surface area contributed by atoms with Crippen LogP contribution in [0.4, 0.5) is 0 Å². The predicted octanol–water partition coefficient (Wildman–Crippen LogP) is 1.03. The minimum absolute atomic E-state index is 0.258. The lowest BCUT2D eigenvalue weighted by molar-refractivity contribution is 0.00628. The van der Waals surface area contributed by atoms with Crippen LogP contribution in [0.25, 0.3) is 0 Å². The van der Waals surface area contributed by atoms with Crippen molar-refractivity contribution in [3.8, 4) is 0 Å². The fourth-order valence-electron chi connectivity index (χ4n) is 2.26. The van der Waals surface area contributed by atoms with Gasteiger partial charge in [0.2, 0.25) is 0 Å². The van der Waals surface area contributed by atoms with Crippen LogP contribution in [-0.4, -0.2) is 55.2 Å². The lowest BCUT2D eigenvalue weighted by Crippen LogP contribution is -2.43. The van der Waals surface area contributed by atoms with E-state index in [0.29, 0.717) is 0 Å². The van der Waals surface area contributed by atoms with Gasteiger partial charge in [0, 0.05) is 26.3 Å². The first-order valence-electron chi connectivity index (χ1n) is 5.63. The van der Waals surface area contributed by atoms with Crippen LogP contribution in [0.1, 0.15) is 19.8 Å². The predicted molar refractivity (Wildman–Crippen MR) is 65.5 cm³/mol. The summed E-state index contributed by atoms with van der Waals surface area (Å²) in [4.78, 5) is 2.20. The molecule has 1 rings (SSSR count). The number of rotatable bonds is 5. The second-order valence-corrected chi connectivity index (χ2v) is 5.13. The Morgan fingerprint density at radius 2 is 2.07 bits per heavy atom. The minimum atomic E-state index is -0.258. The number of aliphatic hydroxyl groups excluding tert-OH is 1. The van der Waals surface area contributed by atoms with Gasteiger partial charge in [0.1, 0.15) is 0 Å². The molecule has 1 saturated heterocycles. The number of hydrogen-bond acceptors (Lipinski definition) is 4. The lowest BCUT2D eigenvalue weighted by Gasteiger charge is -2.39. The van der Waals surface area contributed by atoms with E-state index in [1.54, 1.807) is 0 Å². The second-order valence-electron chi connectivity index (χ2n) is 4.82. The third-order valence-electron chi connectivity index (χ3n) is 3.07. The highest BCUT2D eigenvalue weighted by Crippen LogP contribution is 2.32. The van der Waals surface area contributed by atoms with Gasteiger partial charge in [0.05, 0.1) is 6.10 Å². The van der Waals surface area contributed by atoms with E-state index in [4.69, 9.17) is 4.74 Å². The van der Waals surface area contributed by atoms with E-state index >= 15 is 0 Å². The maximum Gasteiger partial charge on any atom is 0.0638 e. The molecule has 0 radical (unpaired) electrons. The van der Waals surface area contributed by atoms with Crippen molar-refractivity contribution < 1.29 is 9.84 Å². The molecule has 0 aromatic heterocycles. The Kier molecular flexibility index (Phi) is 5.39. The van der Waals surface area contributed by atoms with Gasteiger partial charge in [-0.15, -0.1) is 0 Å². The standard InChI is InChI=1S/C11H23NO2S/c1-10(13)7-12(2)8-11(9-15)3-5-14-6-4-11/h10,13,15H,3-9H2,1-2H3. The SMILES string of the molecule is CC(O)CN(C)CC1(CS)CCOCC1. The quantitative estimate of drug-likeness (QED) is 0.696. The molecule has 1 atom stereocenters. The summed E-state index contributed by atoms with van der Waals surface area (Å²) in [6.45, 7) is 5.27. The lowest BCUT2D eigenvalue weighted by atomic mass is 9.81. The average Bonchev–Trinajstić information content (AvgIpc) is 2.17. The molecule has 0 aliphatic carbocycles. The fraction of sp³-hybridized carbons (Fsp3) is 1.00. The molecule has 0 saturated carbocycles. The molecule has 0 aromatic carbocycles. The zero-order chi connectivity index (χ0) is 11.3. The van der Waals surface area contributed by atoms with Gasteiger partial charge in [0.15, 0.2) is 0 Å². The van der Waals surface area contributed by atoms with Crippen molar-refractivity contribution in [2.75, 3.05) is 39.1 Å². The smallest absolute Gasteiger partial charge is 0.0638 e. The Hall–Kier alpha value is 0.230. The van der Waals surface area contributed by atoms with Crippen LogP contribution in [0.3, 0.4) is 0 Å². The van der Waals surface area contributed by atoms with Gasteiger partial charge in [-0.25, -0.2) is 0 Å². The van der Waals surface area contributed by atoms with Gasteiger partial charge in [-0.05, 0) is 38.0 Å². The summed E-state index contributed by atoms with van der Waals surface area (Å²) in [6.07, 6.45) is 1.91. The summed E-state index contributed by atoms with van der Waals surface area (Å²) in [6, 6.07) is 0. The third-order valence-corrected chi connectivity index (χ3v) is 3.74. The average molecular weight is 233 g/mol. The Balaban J connectivity index is 2.43. The van der Waals surface area contributed by atoms with Crippen molar-refractivity contribution in [3.63, 3.8) is 0 Å². The van der Waals surface area contributed by atoms with Gasteiger partial charge in [-0.1, -0.05) is 0 Å². The summed E-state index contributed by atoms with van der Waals surface area (Å²) >= 11 is 4.47. The number of hydrogen-bond donors (Lipinski definition) is 2. The molecule has 1 heterocycles. The third kappa shape index (κ3) is 4.31. The van der Waals surface area contributed by atoms with E-state index in [1.807, 2.05) is 6.92 Å². The van der Waals surface area contributed by atoms with Crippen LogP contribution >= 0.6 is 12.6 Å². The number of nitrogens with zero attached hydrogens (tertiary/aromatic N) is 1. The molecule has 0 bridgehead atoms. The second kappa shape index (κ2) is 6.09. The molecule has 3 nitrogen and oxygen atoms in total. The number of likely N-dealkylation sites (N-methyl/N-ethyl adjacent to an activating group) is 1. The molecular formula is C11H23NO2S. The van der Waals surface area contributed by atoms with Crippen LogP contribution in [0.5, 0.6) is 0 Å². The van der Waals surface area contributed by atoms with E-state index in [1.165, 1.54) is 0 Å². The maximum absolute atomic E-state index is 9.32. The van der Waals surface area contributed by atoms with E-state index in [9.17, 15) is 5.11 Å². The van der Waals surface area contributed by atoms with Gasteiger partial charge >= 0.3 is 0 Å². The van der Waals surface area contributed by atoms with Gasteiger partial charge in [-0.2, -0.15) is 12.6 Å². The summed E-state index contributed by atoms with van der Waals surface area (Å²) in [5.74, 6) is 0.903. The largest absolute Gasteiger partial charge is 0.392 e. The van der Waals surface area contributed by atoms with Gasteiger partial charge < -0.3 is 14.7 Å². The zero-order valence-electron chi connectivity index (χ0n) is 9.78. The monoisotopic (exact) mass is 233 g/mol. The highest BCUT2D eigenvalue weighted by molar-refractivity contribution is 7.80. The summed E-state index contributed by atoms with van der Waals surface area (Å²) in [5.41, 5.74) is 0.283. The number of thiol groups is 1. The molecule has 90 valence electrons. The fourth-order valence-corrected chi connectivity index (χ4v) is 2.68. The summed E-state index contributed by atoms with van der Waals surface area (Å²) < 4.78 is 5.39. The Bertz CT molecular complexity index is 181. The molecular weight excluding hydrogens is 210 g/mol. The first kappa shape index (κ1) is 13.3. The van der Waals surface area contributed by atoms with Crippen LogP contribution in [0.2, 0.25) is 0 Å². The first-order chi connectivity index (χ1) is 7.08. The highest BCUT2D eigenvalue weighted by Gasteiger charge is 2.32. The van der Waals surface area contributed by atoms with Crippen molar-refractivity contribution in [1.82, 2.24) is 4.90 Å². The van der Waals surface area contributed by atoms with Crippen molar-refractivity contribution in [2.24, 2.45) is 5.41 Å². The minimum Gasteiger partial charge on any atom is -0.392 e. The molecule has 0 spiro atoms. The van der Waals surface area contributed by atoms with Gasteiger partial charge in [-0.3, -0.25) is 0 Å². The zero-order valence-corrected chi connectivity index (χ0v) is 10.7. The van der Waals surface area contributed by atoms with Gasteiger partial charge in [0.25, 0.3) is 0 Å². The topological polar surface area (TPSA) is 32.7 Å². The highest BCUT2D eigenvalue weighted by atomic mass is 32.1. The number of aliphatic hydroxyl groups is 1. The van der Waals surface area contributed by atoms with E-state index in [0.717, 1.165) is 44.9 Å². The Morgan fingerprint density at radius 1 is 1.47 bits per heavy atom. The molecule has 1 aliphatic heterocycles. The van der Waals surface area contributed by atoms with Crippen LogP contribution in [-0.2, 0) is 4.74 Å². The van der Waals surface area contributed by atoms with Crippen molar-refractivity contribution in [2.45, 2.75) is 25.9 Å². The Morgan fingerprint density at radius 3 is 2.53 bits per heavy atom. The molecule has 0 amide bonds. The molecule has 1 fully saturated rings. The summed E-state index contributed by atoms with van der Waals surface area (Å²) in [7, 11) is 2.06. The summed E-state index contributed by atoms with van der Waals surface area (Å²) in [5, 5.41) is 9.32. The first-order valence-corrected chi connectivity index (χ1v) is 6.26. The normalized spacial score (nSPS) is 23.0. The van der Waals surface area contributed by atoms with E-state index < -0.39 is 0 Å². The molecule has 4 heteroatoms. The van der Waals surface area contributed by atoms with Crippen molar-refractivity contribution in [3.05, 3.63) is 0 Å². The molecule has 1 unspecified atom stereocenters. The van der Waals surface area contributed by atoms with Crippen LogP contribution in [0, 0.1) is 5.41 Å². The van der Waals surface area contributed by atoms with Crippen molar-refractivity contribution in [1.29, 1.82) is 0 Å². The number of ether oxygens (including phenoxy) is 1. The molecule has 0 aromatic rings. The van der Waals surface area contributed by atoms with Crippen molar-refractivity contribution >= 4 is 12.6 Å². The molecule has 1 aliphatic rings. The molecule has 1 N–H and O–H groups in total. The molecule has 15 heavy (non-hydrogen) atoms. The maximum atomic E-state index is 9.32.